The summed E-state index contributed by atoms with van der Waals surface area (Å²) in [6, 6.07) is 4.85. The summed E-state index contributed by atoms with van der Waals surface area (Å²) in [6.07, 6.45) is 0. The first-order valence-electron chi connectivity index (χ1n) is 5.55. The van der Waals surface area contributed by atoms with E-state index in [1.807, 2.05) is 33.8 Å². The highest BCUT2D eigenvalue weighted by molar-refractivity contribution is 6.31. The van der Waals surface area contributed by atoms with Gasteiger partial charge in [0.2, 0.25) is 5.91 Å². The average molecular weight is 255 g/mol. The molecule has 0 radical (unpaired) electrons. The molecule has 1 amide bonds. The maximum atomic E-state index is 11.9. The molecule has 94 valence electrons. The number of hydrogen-bond donors (Lipinski definition) is 2. The molecule has 3 N–H and O–H groups in total. The van der Waals surface area contributed by atoms with Crippen molar-refractivity contribution in [1.82, 2.24) is 0 Å². The number of carbonyl (C=O) groups excluding carboxylic acids is 1. The van der Waals surface area contributed by atoms with Gasteiger partial charge in [-0.1, -0.05) is 38.4 Å². The molecule has 1 unspecified atom stereocenters. The minimum absolute atomic E-state index is 0.192. The smallest absolute Gasteiger partial charge is 0.241 e. The van der Waals surface area contributed by atoms with Gasteiger partial charge in [-0.05, 0) is 30.0 Å². The Hall–Kier alpha value is -1.06. The predicted octanol–water partition coefficient (Wildman–Crippen LogP) is 2.96. The van der Waals surface area contributed by atoms with E-state index in [0.29, 0.717) is 10.7 Å². The summed E-state index contributed by atoms with van der Waals surface area (Å²) in [5.41, 5.74) is 7.18. The molecule has 1 aromatic rings. The van der Waals surface area contributed by atoms with Gasteiger partial charge in [0, 0.05) is 10.7 Å². The van der Waals surface area contributed by atoms with Crippen LogP contribution in [0.25, 0.3) is 0 Å². The van der Waals surface area contributed by atoms with E-state index in [0.717, 1.165) is 5.56 Å². The van der Waals surface area contributed by atoms with Crippen molar-refractivity contribution in [2.45, 2.75) is 33.7 Å². The van der Waals surface area contributed by atoms with Crippen LogP contribution in [0.3, 0.4) is 0 Å². The van der Waals surface area contributed by atoms with Crippen LogP contribution in [0.15, 0.2) is 18.2 Å². The van der Waals surface area contributed by atoms with E-state index in [1.54, 1.807) is 12.1 Å². The fraction of sp³-hybridized carbons (Fsp3) is 0.462. The van der Waals surface area contributed by atoms with Gasteiger partial charge in [-0.25, -0.2) is 0 Å². The van der Waals surface area contributed by atoms with Crippen LogP contribution in [0.2, 0.25) is 5.02 Å². The third kappa shape index (κ3) is 3.45. The van der Waals surface area contributed by atoms with Crippen molar-refractivity contribution in [2.75, 3.05) is 5.32 Å². The average Bonchev–Trinajstić information content (AvgIpc) is 2.22. The first-order valence-corrected chi connectivity index (χ1v) is 5.93. The molecule has 17 heavy (non-hydrogen) atoms. The van der Waals surface area contributed by atoms with E-state index in [9.17, 15) is 4.79 Å². The first kappa shape index (κ1) is 14.0. The monoisotopic (exact) mass is 254 g/mol. The number of benzene rings is 1. The maximum Gasteiger partial charge on any atom is 0.241 e. The van der Waals surface area contributed by atoms with E-state index >= 15 is 0 Å². The first-order chi connectivity index (χ1) is 7.73. The Balaban J connectivity index is 2.86. The second-order valence-corrected chi connectivity index (χ2v) is 5.65. The van der Waals surface area contributed by atoms with Gasteiger partial charge in [-0.15, -0.1) is 0 Å². The molecule has 0 aliphatic heterocycles. The summed E-state index contributed by atoms with van der Waals surface area (Å²) < 4.78 is 0. The highest BCUT2D eigenvalue weighted by Crippen LogP contribution is 2.24. The number of hydrogen-bond acceptors (Lipinski definition) is 2. The lowest BCUT2D eigenvalue weighted by atomic mass is 9.87. The van der Waals surface area contributed by atoms with Crippen molar-refractivity contribution >= 4 is 23.2 Å². The van der Waals surface area contributed by atoms with Gasteiger partial charge >= 0.3 is 0 Å². The number of rotatable bonds is 2. The van der Waals surface area contributed by atoms with Crippen molar-refractivity contribution in [3.05, 3.63) is 28.8 Å². The lowest BCUT2D eigenvalue weighted by Crippen LogP contribution is -2.45. The quantitative estimate of drug-likeness (QED) is 0.853. The second-order valence-electron chi connectivity index (χ2n) is 5.25. The van der Waals surface area contributed by atoms with Crippen LogP contribution >= 0.6 is 11.6 Å². The largest absolute Gasteiger partial charge is 0.324 e. The van der Waals surface area contributed by atoms with Crippen LogP contribution in [0.4, 0.5) is 5.69 Å². The number of carbonyl (C=O) groups is 1. The molecule has 0 aromatic heterocycles. The topological polar surface area (TPSA) is 55.1 Å². The third-order valence-corrected chi connectivity index (χ3v) is 3.15. The number of nitrogens with one attached hydrogen (secondary N) is 1. The predicted molar refractivity (Wildman–Crippen MR) is 72.2 cm³/mol. The van der Waals surface area contributed by atoms with Crippen LogP contribution in [-0.4, -0.2) is 11.9 Å². The zero-order valence-electron chi connectivity index (χ0n) is 10.7. The molecule has 0 heterocycles. The van der Waals surface area contributed by atoms with Crippen LogP contribution in [0, 0.1) is 12.3 Å². The minimum Gasteiger partial charge on any atom is -0.324 e. The highest BCUT2D eigenvalue weighted by atomic mass is 35.5. The van der Waals surface area contributed by atoms with Crippen molar-refractivity contribution in [3.8, 4) is 0 Å². The number of amides is 1. The van der Waals surface area contributed by atoms with Gasteiger partial charge in [-0.3, -0.25) is 4.79 Å². The number of halogens is 1. The molecule has 0 aliphatic rings. The minimum atomic E-state index is -0.555. The lowest BCUT2D eigenvalue weighted by molar-refractivity contribution is -0.119. The third-order valence-electron chi connectivity index (χ3n) is 2.74. The van der Waals surface area contributed by atoms with Crippen LogP contribution in [-0.2, 0) is 4.79 Å². The molecular formula is C13H19ClN2O. The van der Waals surface area contributed by atoms with Gasteiger partial charge in [-0.2, -0.15) is 0 Å². The van der Waals surface area contributed by atoms with Crippen LogP contribution < -0.4 is 11.1 Å². The summed E-state index contributed by atoms with van der Waals surface area (Å²) in [7, 11) is 0. The summed E-state index contributed by atoms with van der Waals surface area (Å²) in [5.74, 6) is -0.192. The number of anilines is 1. The Morgan fingerprint density at radius 2 is 2.00 bits per heavy atom. The Bertz CT molecular complexity index is 424. The molecule has 0 aliphatic carbocycles. The van der Waals surface area contributed by atoms with E-state index in [1.165, 1.54) is 0 Å². The maximum absolute atomic E-state index is 11.9. The molecule has 0 fully saturated rings. The van der Waals surface area contributed by atoms with Gasteiger partial charge in [0.15, 0.2) is 0 Å². The molecular weight excluding hydrogens is 236 g/mol. The van der Waals surface area contributed by atoms with Crippen LogP contribution in [0.1, 0.15) is 26.3 Å². The molecule has 0 saturated heterocycles. The normalized spacial score (nSPS) is 13.3. The fourth-order valence-corrected chi connectivity index (χ4v) is 1.52. The molecule has 0 saturated carbocycles. The van der Waals surface area contributed by atoms with Gasteiger partial charge in [0.05, 0.1) is 6.04 Å². The van der Waals surface area contributed by atoms with Crippen molar-refractivity contribution < 1.29 is 4.79 Å². The Morgan fingerprint density at radius 3 is 2.53 bits per heavy atom. The zero-order chi connectivity index (χ0) is 13.2. The molecule has 0 bridgehead atoms. The van der Waals surface area contributed by atoms with E-state index < -0.39 is 6.04 Å². The molecule has 0 spiro atoms. The van der Waals surface area contributed by atoms with Crippen molar-refractivity contribution in [2.24, 2.45) is 11.1 Å². The molecule has 4 heteroatoms. The van der Waals surface area contributed by atoms with Crippen molar-refractivity contribution in [3.63, 3.8) is 0 Å². The Kier molecular flexibility index (Phi) is 4.17. The van der Waals surface area contributed by atoms with Gasteiger partial charge < -0.3 is 11.1 Å². The van der Waals surface area contributed by atoms with E-state index in [2.05, 4.69) is 5.32 Å². The zero-order valence-corrected chi connectivity index (χ0v) is 11.4. The number of nitrogens with two attached hydrogens (primary N) is 1. The van der Waals surface area contributed by atoms with Crippen LogP contribution in [0.5, 0.6) is 0 Å². The standard InChI is InChI=1S/C13H19ClN2O/c1-8-9(14)6-5-7-10(8)16-12(17)11(15)13(2,3)4/h5-7,11H,15H2,1-4H3,(H,16,17). The molecule has 1 aromatic carbocycles. The summed E-state index contributed by atoms with van der Waals surface area (Å²) in [5, 5.41) is 3.44. The van der Waals surface area contributed by atoms with Gasteiger partial charge in [0.25, 0.3) is 0 Å². The molecule has 3 nitrogen and oxygen atoms in total. The van der Waals surface area contributed by atoms with Gasteiger partial charge in [0.1, 0.15) is 0 Å². The SMILES string of the molecule is Cc1c(Cl)cccc1NC(=O)C(N)C(C)(C)C. The summed E-state index contributed by atoms with van der Waals surface area (Å²) >= 11 is 5.98. The van der Waals surface area contributed by atoms with E-state index in [4.69, 9.17) is 17.3 Å². The second kappa shape index (κ2) is 5.07. The molecule has 1 rings (SSSR count). The van der Waals surface area contributed by atoms with Crippen molar-refractivity contribution in [1.29, 1.82) is 0 Å². The van der Waals surface area contributed by atoms with E-state index in [-0.39, 0.29) is 11.3 Å². The fourth-order valence-electron chi connectivity index (χ4n) is 1.35. The highest BCUT2D eigenvalue weighted by Gasteiger charge is 2.27. The summed E-state index contributed by atoms with van der Waals surface area (Å²) in [6.45, 7) is 7.66. The Morgan fingerprint density at radius 1 is 1.41 bits per heavy atom. The lowest BCUT2D eigenvalue weighted by Gasteiger charge is -2.26. The Labute approximate surface area is 107 Å². The molecule has 1 atom stereocenters. The summed E-state index contributed by atoms with van der Waals surface area (Å²) in [4.78, 5) is 11.9.